The molecule has 0 saturated heterocycles. The van der Waals surface area contributed by atoms with Gasteiger partial charge >= 0.3 is 11.9 Å². The van der Waals surface area contributed by atoms with Crippen LogP contribution in [0.15, 0.2) is 0 Å². The molecule has 0 fully saturated rings. The predicted octanol–water partition coefficient (Wildman–Crippen LogP) is 6.21. The minimum atomic E-state index is -0.0455. The smallest absolute Gasteiger partial charge is 0.308 e. The Morgan fingerprint density at radius 2 is 1.19 bits per heavy atom. The maximum absolute atomic E-state index is 11.9. The van der Waals surface area contributed by atoms with Crippen LogP contribution in [0, 0.1) is 5.92 Å². The molecule has 0 aliphatic heterocycles. The Kier molecular flexibility index (Phi) is 18.0. The second-order valence-electron chi connectivity index (χ2n) is 7.21. The number of hydrogen-bond acceptors (Lipinski definition) is 4. The van der Waals surface area contributed by atoms with Gasteiger partial charge in [-0.25, -0.2) is 0 Å². The highest BCUT2D eigenvalue weighted by Gasteiger charge is 2.16. The SMILES string of the molecule is CCCOC(=O)CCCCCCCCCCCC(CC)C(=O)OCCC. The number of unbranched alkanes of at least 4 members (excludes halogenated alkanes) is 8. The van der Waals surface area contributed by atoms with Crippen LogP contribution in [0.5, 0.6) is 0 Å². The highest BCUT2D eigenvalue weighted by Crippen LogP contribution is 2.17. The first kappa shape index (κ1) is 24.9. The molecule has 4 nitrogen and oxygen atoms in total. The number of esters is 2. The van der Waals surface area contributed by atoms with Crippen molar-refractivity contribution in [2.45, 2.75) is 111 Å². The number of carbonyl (C=O) groups is 2. The lowest BCUT2D eigenvalue weighted by Gasteiger charge is -2.13. The Hall–Kier alpha value is -1.06. The summed E-state index contributed by atoms with van der Waals surface area (Å²) in [5.41, 5.74) is 0. The number of rotatable bonds is 18. The fourth-order valence-corrected chi connectivity index (χ4v) is 2.99. The molecular weight excluding hydrogens is 328 g/mol. The van der Waals surface area contributed by atoms with Crippen LogP contribution in [-0.2, 0) is 19.1 Å². The molecule has 0 aliphatic carbocycles. The van der Waals surface area contributed by atoms with Crippen molar-refractivity contribution in [2.24, 2.45) is 5.92 Å². The van der Waals surface area contributed by atoms with Gasteiger partial charge in [-0.1, -0.05) is 72.1 Å². The van der Waals surface area contributed by atoms with E-state index in [1.54, 1.807) is 0 Å². The summed E-state index contributed by atoms with van der Waals surface area (Å²) < 4.78 is 10.3. The molecule has 0 bridgehead atoms. The first-order valence-electron chi connectivity index (χ1n) is 11.0. The van der Waals surface area contributed by atoms with Crippen LogP contribution in [0.3, 0.4) is 0 Å². The zero-order valence-corrected chi connectivity index (χ0v) is 17.5. The molecule has 0 radical (unpaired) electrons. The molecule has 1 unspecified atom stereocenters. The first-order valence-corrected chi connectivity index (χ1v) is 11.0. The van der Waals surface area contributed by atoms with Gasteiger partial charge in [-0.15, -0.1) is 0 Å². The fourth-order valence-electron chi connectivity index (χ4n) is 2.99. The molecule has 26 heavy (non-hydrogen) atoms. The number of ether oxygens (including phenoxy) is 2. The summed E-state index contributed by atoms with van der Waals surface area (Å²) in [5, 5.41) is 0. The molecule has 4 heteroatoms. The van der Waals surface area contributed by atoms with E-state index in [2.05, 4.69) is 6.92 Å². The van der Waals surface area contributed by atoms with E-state index in [-0.39, 0.29) is 17.9 Å². The molecule has 0 aromatic rings. The van der Waals surface area contributed by atoms with Gasteiger partial charge in [0.15, 0.2) is 0 Å². The largest absolute Gasteiger partial charge is 0.466 e. The van der Waals surface area contributed by atoms with Crippen LogP contribution in [-0.4, -0.2) is 25.2 Å². The Morgan fingerprint density at radius 3 is 1.73 bits per heavy atom. The third-order valence-electron chi connectivity index (χ3n) is 4.68. The standard InChI is InChI=1S/C22H42O4/c1-4-18-25-21(23)17-15-13-11-9-7-8-10-12-14-16-20(6-3)22(24)26-19-5-2/h20H,4-19H2,1-3H3. The van der Waals surface area contributed by atoms with E-state index >= 15 is 0 Å². The van der Waals surface area contributed by atoms with Crippen molar-refractivity contribution < 1.29 is 19.1 Å². The average molecular weight is 371 g/mol. The van der Waals surface area contributed by atoms with E-state index < -0.39 is 0 Å². The van der Waals surface area contributed by atoms with Crippen molar-refractivity contribution in [3.05, 3.63) is 0 Å². The lowest BCUT2D eigenvalue weighted by Crippen LogP contribution is -2.17. The second kappa shape index (κ2) is 18.7. The van der Waals surface area contributed by atoms with Crippen LogP contribution in [0.1, 0.15) is 111 Å². The Morgan fingerprint density at radius 1 is 0.692 bits per heavy atom. The monoisotopic (exact) mass is 370 g/mol. The summed E-state index contributed by atoms with van der Waals surface area (Å²) in [5.74, 6) is 0.0364. The van der Waals surface area contributed by atoms with Crippen LogP contribution < -0.4 is 0 Å². The molecule has 0 heterocycles. The highest BCUT2D eigenvalue weighted by molar-refractivity contribution is 5.72. The third kappa shape index (κ3) is 15.2. The van der Waals surface area contributed by atoms with Crippen LogP contribution in [0.4, 0.5) is 0 Å². The average Bonchev–Trinajstić information content (AvgIpc) is 2.65. The summed E-state index contributed by atoms with van der Waals surface area (Å²) in [4.78, 5) is 23.2. The van der Waals surface area contributed by atoms with Gasteiger partial charge in [0, 0.05) is 6.42 Å². The molecule has 0 aromatic carbocycles. The van der Waals surface area contributed by atoms with Gasteiger partial charge in [0.25, 0.3) is 0 Å². The Balaban J connectivity index is 3.40. The zero-order chi connectivity index (χ0) is 19.5. The van der Waals surface area contributed by atoms with Gasteiger partial charge in [-0.05, 0) is 32.1 Å². The van der Waals surface area contributed by atoms with E-state index in [0.29, 0.717) is 19.6 Å². The van der Waals surface area contributed by atoms with Crippen molar-refractivity contribution >= 4 is 11.9 Å². The van der Waals surface area contributed by atoms with E-state index in [4.69, 9.17) is 9.47 Å². The number of carbonyl (C=O) groups excluding carboxylic acids is 2. The maximum atomic E-state index is 11.9. The van der Waals surface area contributed by atoms with Gasteiger partial charge in [0.05, 0.1) is 19.1 Å². The molecule has 154 valence electrons. The van der Waals surface area contributed by atoms with Crippen LogP contribution in [0.25, 0.3) is 0 Å². The summed E-state index contributed by atoms with van der Waals surface area (Å²) in [6, 6.07) is 0. The third-order valence-corrected chi connectivity index (χ3v) is 4.68. The normalized spacial score (nSPS) is 12.0. The molecule has 0 rings (SSSR count). The molecule has 0 saturated carbocycles. The summed E-state index contributed by atoms with van der Waals surface area (Å²) in [7, 11) is 0. The zero-order valence-electron chi connectivity index (χ0n) is 17.5. The summed E-state index contributed by atoms with van der Waals surface area (Å²) >= 11 is 0. The van der Waals surface area contributed by atoms with Gasteiger partial charge in [-0.2, -0.15) is 0 Å². The van der Waals surface area contributed by atoms with Crippen molar-refractivity contribution in [3.63, 3.8) is 0 Å². The van der Waals surface area contributed by atoms with Gasteiger partial charge in [-0.3, -0.25) is 9.59 Å². The van der Waals surface area contributed by atoms with E-state index in [9.17, 15) is 9.59 Å². The second-order valence-corrected chi connectivity index (χ2v) is 7.21. The van der Waals surface area contributed by atoms with Crippen LogP contribution in [0.2, 0.25) is 0 Å². The van der Waals surface area contributed by atoms with Gasteiger partial charge in [0.2, 0.25) is 0 Å². The van der Waals surface area contributed by atoms with Crippen molar-refractivity contribution in [1.82, 2.24) is 0 Å². The van der Waals surface area contributed by atoms with Crippen molar-refractivity contribution in [1.29, 1.82) is 0 Å². The van der Waals surface area contributed by atoms with E-state index in [1.807, 2.05) is 13.8 Å². The van der Waals surface area contributed by atoms with Gasteiger partial charge in [0.1, 0.15) is 0 Å². The summed E-state index contributed by atoms with van der Waals surface area (Å²) in [6.45, 7) is 7.21. The van der Waals surface area contributed by atoms with E-state index in [1.165, 1.54) is 38.5 Å². The molecule has 0 amide bonds. The van der Waals surface area contributed by atoms with Crippen molar-refractivity contribution in [3.8, 4) is 0 Å². The molecule has 1 atom stereocenters. The molecule has 0 spiro atoms. The fraction of sp³-hybridized carbons (Fsp3) is 0.909. The van der Waals surface area contributed by atoms with Crippen molar-refractivity contribution in [2.75, 3.05) is 13.2 Å². The Labute approximate surface area is 161 Å². The molecule has 0 N–H and O–H groups in total. The van der Waals surface area contributed by atoms with E-state index in [0.717, 1.165) is 44.9 Å². The predicted molar refractivity (Wildman–Crippen MR) is 107 cm³/mol. The Bertz CT molecular complexity index is 341. The quantitative estimate of drug-likeness (QED) is 0.212. The number of hydrogen-bond donors (Lipinski definition) is 0. The maximum Gasteiger partial charge on any atom is 0.308 e. The molecule has 0 aliphatic rings. The lowest BCUT2D eigenvalue weighted by atomic mass is 9.98. The minimum absolute atomic E-state index is 0.00655. The molecule has 0 aromatic heterocycles. The van der Waals surface area contributed by atoms with Gasteiger partial charge < -0.3 is 9.47 Å². The summed E-state index contributed by atoms with van der Waals surface area (Å²) in [6.07, 6.45) is 14.9. The minimum Gasteiger partial charge on any atom is -0.466 e. The first-order chi connectivity index (χ1) is 12.7. The highest BCUT2D eigenvalue weighted by atomic mass is 16.5. The van der Waals surface area contributed by atoms with Crippen LogP contribution >= 0.6 is 0 Å². The topological polar surface area (TPSA) is 52.6 Å². The lowest BCUT2D eigenvalue weighted by molar-refractivity contribution is -0.149. The molecular formula is C22H42O4.